The summed E-state index contributed by atoms with van der Waals surface area (Å²) >= 11 is 0. The monoisotopic (exact) mass is 464 g/mol. The smallest absolute Gasteiger partial charge is 0.254 e. The standard InChI is InChI=1S/C26H25FN2O5/c1-29-24(15-9-11-16(32-2)12-10-15)23(25(30)28-20-8-6-5-7-19(20)27)17-13-21(33-3)22(34-4)14-18(17)26(29)31/h5-14,23-24H,1-4H3,(H,28,30)/t23-,24-/m0/s1. The van der Waals surface area contributed by atoms with Crippen LogP contribution in [-0.4, -0.2) is 45.1 Å². The number of nitrogens with zero attached hydrogens (tertiary/aromatic N) is 1. The topological polar surface area (TPSA) is 77.1 Å². The van der Waals surface area contributed by atoms with Crippen LogP contribution in [0.5, 0.6) is 17.2 Å². The van der Waals surface area contributed by atoms with E-state index in [0.717, 1.165) is 5.56 Å². The molecule has 34 heavy (non-hydrogen) atoms. The highest BCUT2D eigenvalue weighted by molar-refractivity contribution is 6.05. The zero-order valence-corrected chi connectivity index (χ0v) is 19.3. The number of halogens is 1. The maximum atomic E-state index is 14.3. The highest BCUT2D eigenvalue weighted by atomic mass is 19.1. The third-order valence-corrected chi connectivity index (χ3v) is 6.05. The number of methoxy groups -OCH3 is 3. The van der Waals surface area contributed by atoms with Crippen molar-refractivity contribution in [2.75, 3.05) is 33.7 Å². The van der Waals surface area contributed by atoms with Crippen molar-refractivity contribution in [3.8, 4) is 17.2 Å². The lowest BCUT2D eigenvalue weighted by molar-refractivity contribution is -0.119. The molecule has 1 aliphatic heterocycles. The number of benzene rings is 3. The first-order chi connectivity index (χ1) is 16.4. The number of amides is 2. The van der Waals surface area contributed by atoms with E-state index >= 15 is 0 Å². The minimum Gasteiger partial charge on any atom is -0.497 e. The molecule has 0 bridgehead atoms. The first-order valence-corrected chi connectivity index (χ1v) is 10.6. The van der Waals surface area contributed by atoms with Crippen molar-refractivity contribution < 1.29 is 28.2 Å². The molecule has 2 atom stereocenters. The van der Waals surface area contributed by atoms with Crippen molar-refractivity contribution in [3.63, 3.8) is 0 Å². The van der Waals surface area contributed by atoms with E-state index in [1.54, 1.807) is 50.6 Å². The van der Waals surface area contributed by atoms with Gasteiger partial charge in [0.05, 0.1) is 39.0 Å². The molecule has 3 aromatic rings. The Morgan fingerprint density at radius 1 is 0.941 bits per heavy atom. The second-order valence-corrected chi connectivity index (χ2v) is 7.88. The van der Waals surface area contributed by atoms with Crippen LogP contribution in [0.1, 0.15) is 33.4 Å². The molecule has 0 spiro atoms. The molecule has 0 aromatic heterocycles. The van der Waals surface area contributed by atoms with E-state index in [-0.39, 0.29) is 11.6 Å². The number of hydrogen-bond donors (Lipinski definition) is 1. The summed E-state index contributed by atoms with van der Waals surface area (Å²) in [7, 11) is 6.16. The Morgan fingerprint density at radius 3 is 2.21 bits per heavy atom. The number of hydrogen-bond acceptors (Lipinski definition) is 5. The predicted octanol–water partition coefficient (Wildman–Crippen LogP) is 4.40. The fraction of sp³-hybridized carbons (Fsp3) is 0.231. The number of carbonyl (C=O) groups excluding carboxylic acids is 2. The maximum Gasteiger partial charge on any atom is 0.254 e. The Labute approximate surface area is 197 Å². The third kappa shape index (κ3) is 4.03. The largest absolute Gasteiger partial charge is 0.497 e. The fourth-order valence-corrected chi connectivity index (χ4v) is 4.32. The lowest BCUT2D eigenvalue weighted by Crippen LogP contribution is -2.44. The number of carbonyl (C=O) groups is 2. The van der Waals surface area contributed by atoms with Crippen molar-refractivity contribution in [2.24, 2.45) is 0 Å². The summed E-state index contributed by atoms with van der Waals surface area (Å²) in [5.41, 5.74) is 1.57. The average molecular weight is 464 g/mol. The van der Waals surface area contributed by atoms with Crippen LogP contribution in [0, 0.1) is 5.82 Å². The van der Waals surface area contributed by atoms with E-state index in [0.29, 0.717) is 28.4 Å². The van der Waals surface area contributed by atoms with Crippen LogP contribution in [0.4, 0.5) is 10.1 Å². The van der Waals surface area contributed by atoms with E-state index < -0.39 is 23.7 Å². The van der Waals surface area contributed by atoms with Gasteiger partial charge in [0.25, 0.3) is 5.91 Å². The van der Waals surface area contributed by atoms with Gasteiger partial charge in [0.1, 0.15) is 11.6 Å². The van der Waals surface area contributed by atoms with Gasteiger partial charge in [0.15, 0.2) is 11.5 Å². The quantitative estimate of drug-likeness (QED) is 0.585. The fourth-order valence-electron chi connectivity index (χ4n) is 4.32. The van der Waals surface area contributed by atoms with Gasteiger partial charge in [-0.3, -0.25) is 9.59 Å². The van der Waals surface area contributed by atoms with Crippen molar-refractivity contribution in [3.05, 3.63) is 83.2 Å². The van der Waals surface area contributed by atoms with Crippen LogP contribution in [0.3, 0.4) is 0 Å². The van der Waals surface area contributed by atoms with E-state index in [1.807, 2.05) is 12.1 Å². The highest BCUT2D eigenvalue weighted by Gasteiger charge is 2.43. The Bertz CT molecular complexity index is 1230. The van der Waals surface area contributed by atoms with Crippen LogP contribution in [0.15, 0.2) is 60.7 Å². The van der Waals surface area contributed by atoms with E-state index in [4.69, 9.17) is 14.2 Å². The Balaban J connectivity index is 1.88. The number of nitrogens with one attached hydrogen (secondary N) is 1. The number of para-hydroxylation sites is 1. The van der Waals surface area contributed by atoms with Gasteiger partial charge in [0, 0.05) is 12.6 Å². The molecule has 8 heteroatoms. The van der Waals surface area contributed by atoms with Crippen LogP contribution in [-0.2, 0) is 4.79 Å². The molecule has 2 amide bonds. The van der Waals surface area contributed by atoms with E-state index in [2.05, 4.69) is 5.32 Å². The molecular weight excluding hydrogens is 439 g/mol. The second-order valence-electron chi connectivity index (χ2n) is 7.88. The van der Waals surface area contributed by atoms with Crippen LogP contribution in [0.25, 0.3) is 0 Å². The SMILES string of the molecule is COc1ccc([C@H]2[C@@H](C(=O)Nc3ccccc3F)c3cc(OC)c(OC)cc3C(=O)N2C)cc1. The average Bonchev–Trinajstić information content (AvgIpc) is 2.86. The molecule has 4 rings (SSSR count). The normalized spacial score (nSPS) is 17.1. The van der Waals surface area contributed by atoms with E-state index in [9.17, 15) is 14.0 Å². The summed E-state index contributed by atoms with van der Waals surface area (Å²) in [6.45, 7) is 0. The lowest BCUT2D eigenvalue weighted by atomic mass is 9.79. The van der Waals surface area contributed by atoms with Gasteiger partial charge in [-0.05, 0) is 47.5 Å². The Kier molecular flexibility index (Phi) is 6.40. The van der Waals surface area contributed by atoms with Gasteiger partial charge in [0.2, 0.25) is 5.91 Å². The van der Waals surface area contributed by atoms with Gasteiger partial charge >= 0.3 is 0 Å². The molecule has 0 fully saturated rings. The molecule has 1 N–H and O–H groups in total. The molecule has 0 aliphatic carbocycles. The minimum atomic E-state index is -0.856. The zero-order chi connectivity index (χ0) is 24.4. The molecular formula is C26H25FN2O5. The summed E-state index contributed by atoms with van der Waals surface area (Å²) in [4.78, 5) is 28.6. The van der Waals surface area contributed by atoms with Crippen LogP contribution in [0.2, 0.25) is 0 Å². The van der Waals surface area contributed by atoms with Gasteiger partial charge in [-0.15, -0.1) is 0 Å². The van der Waals surface area contributed by atoms with Gasteiger partial charge in [-0.25, -0.2) is 4.39 Å². The number of fused-ring (bicyclic) bond motifs is 1. The third-order valence-electron chi connectivity index (χ3n) is 6.05. The molecule has 0 unspecified atom stereocenters. The first kappa shape index (κ1) is 23.1. The van der Waals surface area contributed by atoms with Crippen LogP contribution < -0.4 is 19.5 Å². The number of ether oxygens (including phenoxy) is 3. The second kappa shape index (κ2) is 9.43. The summed E-state index contributed by atoms with van der Waals surface area (Å²) in [6, 6.07) is 15.6. The Morgan fingerprint density at radius 2 is 1.59 bits per heavy atom. The van der Waals surface area contributed by atoms with Crippen molar-refractivity contribution >= 4 is 17.5 Å². The van der Waals surface area contributed by atoms with Gasteiger partial charge in [-0.2, -0.15) is 0 Å². The minimum absolute atomic E-state index is 0.0579. The molecule has 176 valence electrons. The molecule has 1 heterocycles. The molecule has 3 aromatic carbocycles. The molecule has 7 nitrogen and oxygen atoms in total. The van der Waals surface area contributed by atoms with Gasteiger partial charge < -0.3 is 24.4 Å². The van der Waals surface area contributed by atoms with Crippen molar-refractivity contribution in [2.45, 2.75) is 12.0 Å². The molecule has 0 radical (unpaired) electrons. The number of likely N-dealkylation sites (N-methyl/N-ethyl adjacent to an activating group) is 1. The predicted molar refractivity (Wildman–Crippen MR) is 125 cm³/mol. The molecule has 0 saturated heterocycles. The summed E-state index contributed by atoms with van der Waals surface area (Å²) in [5.74, 6) is -0.733. The highest BCUT2D eigenvalue weighted by Crippen LogP contribution is 2.46. The van der Waals surface area contributed by atoms with Crippen LogP contribution >= 0.6 is 0 Å². The number of anilines is 1. The van der Waals surface area contributed by atoms with Crippen molar-refractivity contribution in [1.82, 2.24) is 4.90 Å². The zero-order valence-electron chi connectivity index (χ0n) is 19.3. The molecule has 0 saturated carbocycles. The summed E-state index contributed by atoms with van der Waals surface area (Å²) < 4.78 is 30.4. The van der Waals surface area contributed by atoms with E-state index in [1.165, 1.54) is 31.3 Å². The maximum absolute atomic E-state index is 14.3. The van der Waals surface area contributed by atoms with Crippen molar-refractivity contribution in [1.29, 1.82) is 0 Å². The number of rotatable bonds is 6. The Hall–Kier alpha value is -4.07. The summed E-state index contributed by atoms with van der Waals surface area (Å²) in [5, 5.41) is 2.70. The summed E-state index contributed by atoms with van der Waals surface area (Å²) in [6.07, 6.45) is 0. The first-order valence-electron chi connectivity index (χ1n) is 10.6. The molecule has 1 aliphatic rings. The lowest BCUT2D eigenvalue weighted by Gasteiger charge is -2.40. The van der Waals surface area contributed by atoms with Gasteiger partial charge in [-0.1, -0.05) is 24.3 Å².